The van der Waals surface area contributed by atoms with Crippen LogP contribution in [0.3, 0.4) is 0 Å². The van der Waals surface area contributed by atoms with Crippen molar-refractivity contribution in [2.45, 2.75) is 25.4 Å². The van der Waals surface area contributed by atoms with E-state index in [2.05, 4.69) is 5.32 Å². The van der Waals surface area contributed by atoms with Gasteiger partial charge in [0.05, 0.1) is 19.2 Å². The molecule has 3 heterocycles. The number of para-hydroxylation sites is 1. The highest BCUT2D eigenvalue weighted by Gasteiger charge is 2.31. The highest BCUT2D eigenvalue weighted by atomic mass is 16.3. The fraction of sp³-hybridized carbons (Fsp3) is 0.368. The van der Waals surface area contributed by atoms with Crippen LogP contribution in [0.15, 0.2) is 41.0 Å². The fourth-order valence-corrected chi connectivity index (χ4v) is 3.60. The Bertz CT molecular complexity index is 808. The van der Waals surface area contributed by atoms with Crippen molar-refractivity contribution in [3.05, 3.63) is 53.5 Å². The predicted molar refractivity (Wildman–Crippen MR) is 93.4 cm³/mol. The lowest BCUT2D eigenvalue weighted by atomic mass is 10.1. The smallest absolute Gasteiger partial charge is 0.289 e. The molecule has 0 bridgehead atoms. The number of carbonyl (C=O) groups is 2. The number of likely N-dealkylation sites (N-methyl/N-ethyl adjacent to an activating group) is 1. The van der Waals surface area contributed by atoms with Gasteiger partial charge in [-0.3, -0.25) is 9.59 Å². The lowest BCUT2D eigenvalue weighted by molar-refractivity contribution is -0.117. The van der Waals surface area contributed by atoms with Gasteiger partial charge in [0.1, 0.15) is 0 Å². The van der Waals surface area contributed by atoms with Crippen LogP contribution >= 0.6 is 0 Å². The number of fused-ring (bicyclic) bond motifs is 1. The zero-order valence-corrected chi connectivity index (χ0v) is 14.2. The van der Waals surface area contributed by atoms with Crippen molar-refractivity contribution in [3.8, 4) is 0 Å². The van der Waals surface area contributed by atoms with Gasteiger partial charge in [0.25, 0.3) is 5.91 Å². The molecule has 0 spiro atoms. The Morgan fingerprint density at radius 2 is 2.20 bits per heavy atom. The normalized spacial score (nSPS) is 19.3. The Hall–Kier alpha value is -2.60. The van der Waals surface area contributed by atoms with Crippen LogP contribution < -0.4 is 10.2 Å². The average Bonchev–Trinajstić information content (AvgIpc) is 3.35. The van der Waals surface area contributed by atoms with E-state index < -0.39 is 0 Å². The second-order valence-corrected chi connectivity index (χ2v) is 6.62. The van der Waals surface area contributed by atoms with E-state index in [0.29, 0.717) is 18.7 Å². The Labute approximate surface area is 146 Å². The number of benzene rings is 1. The first-order valence-electron chi connectivity index (χ1n) is 8.57. The molecular weight excluding hydrogens is 318 g/mol. The molecule has 130 valence electrons. The number of nitrogens with one attached hydrogen (secondary N) is 1. The maximum Gasteiger partial charge on any atom is 0.289 e. The van der Waals surface area contributed by atoms with Gasteiger partial charge < -0.3 is 19.5 Å². The van der Waals surface area contributed by atoms with Crippen LogP contribution in [0.25, 0.3) is 0 Å². The van der Waals surface area contributed by atoms with Crippen LogP contribution in [0.1, 0.15) is 28.1 Å². The van der Waals surface area contributed by atoms with E-state index in [-0.39, 0.29) is 17.9 Å². The van der Waals surface area contributed by atoms with E-state index >= 15 is 0 Å². The number of amides is 2. The van der Waals surface area contributed by atoms with E-state index in [1.165, 1.54) is 6.26 Å². The van der Waals surface area contributed by atoms with Gasteiger partial charge in [-0.05, 0) is 30.7 Å². The summed E-state index contributed by atoms with van der Waals surface area (Å²) < 4.78 is 5.49. The number of rotatable bonds is 4. The van der Waals surface area contributed by atoms with Crippen molar-refractivity contribution >= 4 is 17.5 Å². The minimum atomic E-state index is -0.131. The van der Waals surface area contributed by atoms with Gasteiger partial charge in [-0.15, -0.1) is 0 Å². The molecule has 2 amide bonds. The number of carbonyl (C=O) groups excluding carboxylic acids is 2. The third kappa shape index (κ3) is 2.82. The fourth-order valence-electron chi connectivity index (χ4n) is 3.60. The summed E-state index contributed by atoms with van der Waals surface area (Å²) in [6.07, 6.45) is 2.87. The molecule has 0 aliphatic carbocycles. The van der Waals surface area contributed by atoms with Crippen LogP contribution in [0, 0.1) is 0 Å². The first-order chi connectivity index (χ1) is 12.1. The van der Waals surface area contributed by atoms with Crippen LogP contribution in [0.5, 0.6) is 0 Å². The van der Waals surface area contributed by atoms with E-state index in [1.807, 2.05) is 31.3 Å². The number of furan rings is 1. The summed E-state index contributed by atoms with van der Waals surface area (Å²) in [7, 11) is 1.81. The number of anilines is 1. The molecule has 25 heavy (non-hydrogen) atoms. The lowest BCUT2D eigenvalue weighted by Gasteiger charge is -2.24. The molecule has 0 radical (unpaired) electrons. The van der Waals surface area contributed by atoms with E-state index in [0.717, 1.165) is 36.3 Å². The van der Waals surface area contributed by atoms with Gasteiger partial charge >= 0.3 is 0 Å². The van der Waals surface area contributed by atoms with Crippen LogP contribution in [0.4, 0.5) is 5.69 Å². The Morgan fingerprint density at radius 1 is 1.36 bits per heavy atom. The molecule has 0 saturated carbocycles. The van der Waals surface area contributed by atoms with Crippen molar-refractivity contribution in [2.24, 2.45) is 0 Å². The molecule has 2 aliphatic rings. The van der Waals surface area contributed by atoms with E-state index in [9.17, 15) is 9.59 Å². The minimum absolute atomic E-state index is 0.0501. The summed E-state index contributed by atoms with van der Waals surface area (Å²) >= 11 is 0. The average molecular weight is 339 g/mol. The molecule has 1 N–H and O–H groups in total. The largest absolute Gasteiger partial charge is 0.459 e. The molecule has 1 aromatic carbocycles. The molecule has 6 nitrogen and oxygen atoms in total. The Kier molecular flexibility index (Phi) is 4.05. The maximum absolute atomic E-state index is 12.8. The highest BCUT2D eigenvalue weighted by molar-refractivity contribution is 6.01. The summed E-state index contributed by atoms with van der Waals surface area (Å²) in [5, 5.41) is 3.27. The zero-order valence-electron chi connectivity index (χ0n) is 14.2. The molecule has 1 aromatic heterocycles. The number of nitrogens with zero attached hydrogens (tertiary/aromatic N) is 2. The molecule has 1 unspecified atom stereocenters. The molecule has 2 aliphatic heterocycles. The quantitative estimate of drug-likeness (QED) is 0.922. The van der Waals surface area contributed by atoms with Gasteiger partial charge in [-0.2, -0.15) is 0 Å². The summed E-state index contributed by atoms with van der Waals surface area (Å²) in [6.45, 7) is 2.08. The van der Waals surface area contributed by atoms with Gasteiger partial charge in [0.2, 0.25) is 5.91 Å². The highest BCUT2D eigenvalue weighted by Crippen LogP contribution is 2.30. The molecule has 2 aromatic rings. The second kappa shape index (κ2) is 6.37. The third-order valence-electron chi connectivity index (χ3n) is 5.10. The summed E-state index contributed by atoms with van der Waals surface area (Å²) in [5.74, 6) is 0.245. The van der Waals surface area contributed by atoms with Crippen LogP contribution in [0.2, 0.25) is 0 Å². The van der Waals surface area contributed by atoms with Gasteiger partial charge in [-0.25, -0.2) is 0 Å². The van der Waals surface area contributed by atoms with Crippen LogP contribution in [-0.2, 0) is 17.8 Å². The van der Waals surface area contributed by atoms with Crippen molar-refractivity contribution in [1.82, 2.24) is 10.2 Å². The van der Waals surface area contributed by atoms with E-state index in [1.54, 1.807) is 15.9 Å². The van der Waals surface area contributed by atoms with Gasteiger partial charge in [0, 0.05) is 30.9 Å². The Balaban J connectivity index is 1.56. The SMILES string of the molecule is CN(C(=O)c1occc1CN1C(=O)Cc2ccccc21)C1CCNC1. The summed E-state index contributed by atoms with van der Waals surface area (Å²) in [4.78, 5) is 28.7. The van der Waals surface area contributed by atoms with Gasteiger partial charge in [0.15, 0.2) is 5.76 Å². The standard InChI is InChI=1S/C19H21N3O3/c1-21(15-6-8-20-11-15)19(24)18-14(7-9-25-18)12-22-16-5-3-2-4-13(16)10-17(22)23/h2-5,7,9,15,20H,6,8,10-12H2,1H3. The third-order valence-corrected chi connectivity index (χ3v) is 5.10. The van der Waals surface area contributed by atoms with E-state index in [4.69, 9.17) is 4.42 Å². The maximum atomic E-state index is 12.8. The molecular formula is C19H21N3O3. The monoisotopic (exact) mass is 339 g/mol. The van der Waals surface area contributed by atoms with Crippen molar-refractivity contribution in [2.75, 3.05) is 25.0 Å². The lowest BCUT2D eigenvalue weighted by Crippen LogP contribution is -2.38. The second-order valence-electron chi connectivity index (χ2n) is 6.62. The number of hydrogen-bond acceptors (Lipinski definition) is 4. The van der Waals surface area contributed by atoms with Crippen LogP contribution in [-0.4, -0.2) is 42.9 Å². The molecule has 1 saturated heterocycles. The predicted octanol–water partition coefficient (Wildman–Crippen LogP) is 1.80. The first kappa shape index (κ1) is 15.9. The van der Waals surface area contributed by atoms with Crippen molar-refractivity contribution in [1.29, 1.82) is 0 Å². The Morgan fingerprint density at radius 3 is 3.00 bits per heavy atom. The molecule has 1 atom stereocenters. The minimum Gasteiger partial charge on any atom is -0.459 e. The molecule has 6 heteroatoms. The first-order valence-corrected chi connectivity index (χ1v) is 8.57. The zero-order chi connectivity index (χ0) is 17.4. The molecule has 1 fully saturated rings. The summed E-state index contributed by atoms with van der Waals surface area (Å²) in [5.41, 5.74) is 2.69. The topological polar surface area (TPSA) is 65.8 Å². The van der Waals surface area contributed by atoms with Gasteiger partial charge in [-0.1, -0.05) is 18.2 Å². The summed E-state index contributed by atoms with van der Waals surface area (Å²) in [6, 6.07) is 9.73. The van der Waals surface area contributed by atoms with Crippen molar-refractivity contribution < 1.29 is 14.0 Å². The van der Waals surface area contributed by atoms with Crippen molar-refractivity contribution in [3.63, 3.8) is 0 Å². The molecule has 4 rings (SSSR count). The number of hydrogen-bond donors (Lipinski definition) is 1.